The molecule has 0 amide bonds. The van der Waals surface area contributed by atoms with Crippen LogP contribution in [0.5, 0.6) is 0 Å². The lowest BCUT2D eigenvalue weighted by Crippen LogP contribution is -2.15. The maximum absolute atomic E-state index is 5.45. The van der Waals surface area contributed by atoms with Crippen LogP contribution in [-0.4, -0.2) is 9.97 Å². The fraction of sp³-hybridized carbons (Fsp3) is 0.333. The summed E-state index contributed by atoms with van der Waals surface area (Å²) in [4.78, 5) is 8.65. The predicted octanol–water partition coefficient (Wildman–Crippen LogP) is 2.61. The van der Waals surface area contributed by atoms with E-state index < -0.39 is 0 Å². The van der Waals surface area contributed by atoms with Gasteiger partial charge >= 0.3 is 0 Å². The molecule has 0 spiro atoms. The fourth-order valence-electron chi connectivity index (χ4n) is 1.72. The summed E-state index contributed by atoms with van der Waals surface area (Å²) in [7, 11) is 0. The molecule has 5 nitrogen and oxygen atoms in total. The number of hydrazine groups is 1. The van der Waals surface area contributed by atoms with Crippen LogP contribution in [0.15, 0.2) is 16.8 Å². The zero-order chi connectivity index (χ0) is 13.1. The third kappa shape index (κ3) is 2.60. The Balaban J connectivity index is 2.26. The summed E-state index contributed by atoms with van der Waals surface area (Å²) in [5.41, 5.74) is 4.76. The number of hydrogen-bond acceptors (Lipinski definition) is 6. The van der Waals surface area contributed by atoms with Crippen LogP contribution in [-0.2, 0) is 0 Å². The van der Waals surface area contributed by atoms with Crippen molar-refractivity contribution >= 4 is 23.0 Å². The van der Waals surface area contributed by atoms with Crippen molar-refractivity contribution in [3.05, 3.63) is 33.8 Å². The van der Waals surface area contributed by atoms with Crippen LogP contribution in [0.3, 0.4) is 0 Å². The smallest absolute Gasteiger partial charge is 0.148 e. The fourth-order valence-corrected chi connectivity index (χ4v) is 2.47. The maximum atomic E-state index is 5.45. The van der Waals surface area contributed by atoms with E-state index >= 15 is 0 Å². The van der Waals surface area contributed by atoms with Crippen LogP contribution in [0, 0.1) is 13.8 Å². The van der Waals surface area contributed by atoms with E-state index in [4.69, 9.17) is 5.84 Å². The van der Waals surface area contributed by atoms with Crippen LogP contribution >= 0.6 is 11.3 Å². The third-order valence-electron chi connectivity index (χ3n) is 2.79. The molecular formula is C12H17N5S. The van der Waals surface area contributed by atoms with Crippen molar-refractivity contribution in [2.45, 2.75) is 26.8 Å². The van der Waals surface area contributed by atoms with Gasteiger partial charge in [-0.1, -0.05) is 0 Å². The topological polar surface area (TPSA) is 75.9 Å². The number of nitrogens with two attached hydrogens (primary N) is 1. The molecule has 1 atom stereocenters. The number of aromatic nitrogens is 2. The normalized spacial score (nSPS) is 12.2. The SMILES string of the molecule is Cc1nc(NN)c(C)c(NC(C)c2ccsc2)n1. The molecular weight excluding hydrogens is 246 g/mol. The van der Waals surface area contributed by atoms with Gasteiger partial charge in [-0.25, -0.2) is 15.8 Å². The number of hydrogen-bond donors (Lipinski definition) is 3. The number of nitrogens with one attached hydrogen (secondary N) is 2. The van der Waals surface area contributed by atoms with Crippen molar-refractivity contribution in [2.75, 3.05) is 10.7 Å². The van der Waals surface area contributed by atoms with Gasteiger partial charge in [-0.3, -0.25) is 0 Å². The molecule has 2 aromatic rings. The van der Waals surface area contributed by atoms with Crippen LogP contribution in [0.2, 0.25) is 0 Å². The molecule has 0 saturated carbocycles. The molecule has 0 aromatic carbocycles. The first kappa shape index (κ1) is 12.8. The minimum absolute atomic E-state index is 0.204. The Morgan fingerprint density at radius 1 is 1.28 bits per heavy atom. The number of aryl methyl sites for hydroxylation is 1. The lowest BCUT2D eigenvalue weighted by molar-refractivity contribution is 0.867. The van der Waals surface area contributed by atoms with E-state index in [1.165, 1.54) is 5.56 Å². The summed E-state index contributed by atoms with van der Waals surface area (Å²) in [5.74, 6) is 7.61. The van der Waals surface area contributed by atoms with Gasteiger partial charge in [-0.15, -0.1) is 0 Å². The molecule has 0 fully saturated rings. The average molecular weight is 263 g/mol. The molecule has 2 rings (SSSR count). The van der Waals surface area contributed by atoms with Gasteiger partial charge in [0.25, 0.3) is 0 Å². The third-order valence-corrected chi connectivity index (χ3v) is 3.49. The monoisotopic (exact) mass is 263 g/mol. The number of nitrogen functional groups attached to an aromatic ring is 1. The Bertz CT molecular complexity index is 524. The summed E-state index contributed by atoms with van der Waals surface area (Å²) >= 11 is 1.69. The van der Waals surface area contributed by atoms with Gasteiger partial charge in [-0.05, 0) is 43.2 Å². The van der Waals surface area contributed by atoms with Crippen molar-refractivity contribution in [2.24, 2.45) is 5.84 Å². The lowest BCUT2D eigenvalue weighted by atomic mass is 10.2. The second-order valence-electron chi connectivity index (χ2n) is 4.16. The molecule has 2 heterocycles. The Kier molecular flexibility index (Phi) is 3.78. The standard InChI is InChI=1S/C12H17N5S/c1-7-11(15-9(3)16-12(7)17-13)14-8(2)10-4-5-18-6-10/h4-6,8H,13H2,1-3H3,(H2,14,15,16,17). The minimum Gasteiger partial charge on any atom is -0.363 e. The maximum Gasteiger partial charge on any atom is 0.148 e. The van der Waals surface area contributed by atoms with Crippen molar-refractivity contribution in [3.8, 4) is 0 Å². The highest BCUT2D eigenvalue weighted by Gasteiger charge is 2.12. The summed E-state index contributed by atoms with van der Waals surface area (Å²) in [6, 6.07) is 2.31. The second-order valence-corrected chi connectivity index (χ2v) is 4.94. The van der Waals surface area contributed by atoms with Crippen LogP contribution in [0.4, 0.5) is 11.6 Å². The van der Waals surface area contributed by atoms with Gasteiger partial charge in [0.05, 0.1) is 6.04 Å². The van der Waals surface area contributed by atoms with Crippen molar-refractivity contribution in [1.29, 1.82) is 0 Å². The summed E-state index contributed by atoms with van der Waals surface area (Å²) in [5, 5.41) is 7.58. The first-order chi connectivity index (χ1) is 8.61. The highest BCUT2D eigenvalue weighted by atomic mass is 32.1. The molecule has 4 N–H and O–H groups in total. The molecule has 6 heteroatoms. The number of rotatable bonds is 4. The highest BCUT2D eigenvalue weighted by molar-refractivity contribution is 7.07. The molecule has 0 saturated heterocycles. The van der Waals surface area contributed by atoms with Crippen LogP contribution in [0.1, 0.15) is 29.9 Å². The molecule has 0 aliphatic carbocycles. The van der Waals surface area contributed by atoms with Crippen molar-refractivity contribution < 1.29 is 0 Å². The Morgan fingerprint density at radius 2 is 2.00 bits per heavy atom. The van der Waals surface area contributed by atoms with E-state index in [0.29, 0.717) is 11.6 Å². The number of anilines is 2. The largest absolute Gasteiger partial charge is 0.363 e. The first-order valence-electron chi connectivity index (χ1n) is 5.72. The summed E-state index contributed by atoms with van der Waals surface area (Å²) in [6.45, 7) is 5.90. The van der Waals surface area contributed by atoms with Crippen molar-refractivity contribution in [1.82, 2.24) is 9.97 Å². The first-order valence-corrected chi connectivity index (χ1v) is 6.66. The molecule has 2 aromatic heterocycles. The summed E-state index contributed by atoms with van der Waals surface area (Å²) in [6.07, 6.45) is 0. The van der Waals surface area contributed by atoms with E-state index in [-0.39, 0.29) is 6.04 Å². The second kappa shape index (κ2) is 5.32. The van der Waals surface area contributed by atoms with E-state index in [1.54, 1.807) is 11.3 Å². The van der Waals surface area contributed by atoms with Crippen LogP contribution < -0.4 is 16.6 Å². The molecule has 1 unspecified atom stereocenters. The number of nitrogens with zero attached hydrogens (tertiary/aromatic N) is 2. The van der Waals surface area contributed by atoms with E-state index in [2.05, 4.69) is 44.5 Å². The Morgan fingerprint density at radius 3 is 2.61 bits per heavy atom. The molecule has 0 aliphatic rings. The van der Waals surface area contributed by atoms with Gasteiger partial charge in [0.2, 0.25) is 0 Å². The quantitative estimate of drug-likeness (QED) is 0.584. The highest BCUT2D eigenvalue weighted by Crippen LogP contribution is 2.24. The summed E-state index contributed by atoms with van der Waals surface area (Å²) < 4.78 is 0. The molecule has 96 valence electrons. The van der Waals surface area contributed by atoms with E-state index in [9.17, 15) is 0 Å². The van der Waals surface area contributed by atoms with Gasteiger partial charge in [0.1, 0.15) is 17.5 Å². The van der Waals surface area contributed by atoms with E-state index in [1.807, 2.05) is 13.8 Å². The van der Waals surface area contributed by atoms with E-state index in [0.717, 1.165) is 11.4 Å². The zero-order valence-electron chi connectivity index (χ0n) is 10.7. The number of thiophene rings is 1. The minimum atomic E-state index is 0.204. The molecule has 0 bridgehead atoms. The molecule has 0 radical (unpaired) electrons. The Hall–Kier alpha value is -1.66. The van der Waals surface area contributed by atoms with Gasteiger partial charge in [0.15, 0.2) is 0 Å². The van der Waals surface area contributed by atoms with Crippen LogP contribution in [0.25, 0.3) is 0 Å². The predicted molar refractivity (Wildman–Crippen MR) is 75.7 cm³/mol. The average Bonchev–Trinajstić information content (AvgIpc) is 2.87. The van der Waals surface area contributed by atoms with Gasteiger partial charge in [-0.2, -0.15) is 11.3 Å². The lowest BCUT2D eigenvalue weighted by Gasteiger charge is -2.17. The zero-order valence-corrected chi connectivity index (χ0v) is 11.5. The van der Waals surface area contributed by atoms with Gasteiger partial charge in [0, 0.05) is 5.56 Å². The molecule has 0 aliphatic heterocycles. The molecule has 18 heavy (non-hydrogen) atoms. The van der Waals surface area contributed by atoms with Crippen molar-refractivity contribution in [3.63, 3.8) is 0 Å². The van der Waals surface area contributed by atoms with Gasteiger partial charge < -0.3 is 10.7 Å². The Labute approximate surface area is 110 Å².